The van der Waals surface area contributed by atoms with Gasteiger partial charge < -0.3 is 23.8 Å². The second-order valence-corrected chi connectivity index (χ2v) is 7.23. The first-order valence-electron chi connectivity index (χ1n) is 10.5. The number of ether oxygens (including phenoxy) is 4. The van der Waals surface area contributed by atoms with Gasteiger partial charge in [-0.1, -0.05) is 40.0 Å². The smallest absolute Gasteiger partial charge is 0.226 e. The largest absolute Gasteiger partial charge is 0.380 e. The molecule has 2 aliphatic rings. The second-order valence-electron chi connectivity index (χ2n) is 7.23. The normalized spacial score (nSPS) is 27.7. The predicted molar refractivity (Wildman–Crippen MR) is 100 cm³/mol. The third-order valence-corrected chi connectivity index (χ3v) is 5.10. The summed E-state index contributed by atoms with van der Waals surface area (Å²) in [5, 5.41) is 0. The molecule has 6 heteroatoms. The van der Waals surface area contributed by atoms with Crippen molar-refractivity contribution in [1.82, 2.24) is 4.90 Å². The van der Waals surface area contributed by atoms with E-state index < -0.39 is 5.79 Å². The minimum absolute atomic E-state index is 0.116. The van der Waals surface area contributed by atoms with Gasteiger partial charge in [-0.2, -0.15) is 0 Å². The summed E-state index contributed by atoms with van der Waals surface area (Å²) in [6, 6.07) is -0.183. The van der Waals surface area contributed by atoms with Gasteiger partial charge in [0.1, 0.15) is 12.1 Å². The fourth-order valence-corrected chi connectivity index (χ4v) is 3.37. The van der Waals surface area contributed by atoms with Crippen molar-refractivity contribution < 1.29 is 23.7 Å². The van der Waals surface area contributed by atoms with Crippen LogP contribution >= 0.6 is 0 Å². The Bertz CT molecular complexity index is 419. The monoisotopic (exact) mass is 371 g/mol. The van der Waals surface area contributed by atoms with E-state index in [1.54, 1.807) is 0 Å². The molecule has 0 N–H and O–H groups in total. The summed E-state index contributed by atoms with van der Waals surface area (Å²) >= 11 is 0. The first-order valence-corrected chi connectivity index (χ1v) is 10.5. The molecule has 26 heavy (non-hydrogen) atoms. The third kappa shape index (κ3) is 5.65. The Morgan fingerprint density at radius 1 is 1.00 bits per heavy atom. The van der Waals surface area contributed by atoms with Crippen LogP contribution in [0.2, 0.25) is 0 Å². The molecule has 0 radical (unpaired) electrons. The lowest BCUT2D eigenvalue weighted by Crippen LogP contribution is -2.58. The molecule has 3 unspecified atom stereocenters. The highest BCUT2D eigenvalue weighted by Gasteiger charge is 2.68. The standard InChI is InChI=1S/C20H37NO5/c1-4-7-11-23-14-10-21-17(16-24-12-8-5-2)20(25-13-9-6-3)18(26-20)15-19(21)22/h17-18H,4-16H2,1-3H3. The molecule has 0 bridgehead atoms. The van der Waals surface area contributed by atoms with Crippen molar-refractivity contribution in [3.63, 3.8) is 0 Å². The summed E-state index contributed by atoms with van der Waals surface area (Å²) in [4.78, 5) is 14.5. The zero-order valence-electron chi connectivity index (χ0n) is 16.8. The Balaban J connectivity index is 1.95. The lowest BCUT2D eigenvalue weighted by Gasteiger charge is -2.38. The zero-order valence-corrected chi connectivity index (χ0v) is 16.8. The van der Waals surface area contributed by atoms with Gasteiger partial charge in [0.2, 0.25) is 11.7 Å². The molecule has 1 amide bonds. The van der Waals surface area contributed by atoms with Crippen molar-refractivity contribution in [2.75, 3.05) is 39.6 Å². The van der Waals surface area contributed by atoms with Crippen molar-refractivity contribution in [2.24, 2.45) is 0 Å². The van der Waals surface area contributed by atoms with E-state index in [2.05, 4.69) is 20.8 Å². The van der Waals surface area contributed by atoms with Crippen LogP contribution in [0, 0.1) is 0 Å². The van der Waals surface area contributed by atoms with Gasteiger partial charge in [0.25, 0.3) is 0 Å². The average Bonchev–Trinajstić information content (AvgIpc) is 3.33. The fourth-order valence-electron chi connectivity index (χ4n) is 3.37. The van der Waals surface area contributed by atoms with Crippen LogP contribution in [0.25, 0.3) is 0 Å². The van der Waals surface area contributed by atoms with Gasteiger partial charge in [0, 0.05) is 19.8 Å². The Labute approximate surface area is 158 Å². The quantitative estimate of drug-likeness (QED) is 0.327. The minimum Gasteiger partial charge on any atom is -0.380 e. The summed E-state index contributed by atoms with van der Waals surface area (Å²) in [6.07, 6.45) is 6.62. The Hall–Kier alpha value is -0.690. The molecule has 0 aromatic heterocycles. The van der Waals surface area contributed by atoms with Crippen LogP contribution < -0.4 is 0 Å². The summed E-state index contributed by atoms with van der Waals surface area (Å²) in [7, 11) is 0. The number of likely N-dealkylation sites (tertiary alicyclic amines) is 1. The molecule has 2 aliphatic heterocycles. The molecule has 2 fully saturated rings. The van der Waals surface area contributed by atoms with Gasteiger partial charge in [-0.15, -0.1) is 0 Å². The number of piperidine rings is 1. The first kappa shape index (κ1) is 21.6. The zero-order chi connectivity index (χ0) is 18.8. The van der Waals surface area contributed by atoms with E-state index in [0.29, 0.717) is 39.4 Å². The lowest BCUT2D eigenvalue weighted by atomic mass is 9.98. The number of nitrogens with zero attached hydrogens (tertiary/aromatic N) is 1. The number of rotatable bonds is 15. The molecule has 2 rings (SSSR count). The third-order valence-electron chi connectivity index (χ3n) is 5.10. The van der Waals surface area contributed by atoms with Crippen molar-refractivity contribution in [3.05, 3.63) is 0 Å². The SMILES string of the molecule is CCCCOCCN1C(=O)CC2OC2(OCCCC)C1COCCCC. The summed E-state index contributed by atoms with van der Waals surface area (Å²) in [5.74, 6) is -0.552. The highest BCUT2D eigenvalue weighted by atomic mass is 16.8. The van der Waals surface area contributed by atoms with E-state index in [0.717, 1.165) is 45.1 Å². The number of carbonyl (C=O) groups is 1. The maximum absolute atomic E-state index is 12.6. The molecule has 0 spiro atoms. The molecule has 2 saturated heterocycles. The molecule has 0 aliphatic carbocycles. The lowest BCUT2D eigenvalue weighted by molar-refractivity contribution is -0.158. The van der Waals surface area contributed by atoms with Crippen molar-refractivity contribution in [3.8, 4) is 0 Å². The molecular weight excluding hydrogens is 334 g/mol. The maximum Gasteiger partial charge on any atom is 0.226 e. The highest BCUT2D eigenvalue weighted by Crippen LogP contribution is 2.48. The van der Waals surface area contributed by atoms with Crippen LogP contribution in [0.3, 0.4) is 0 Å². The summed E-state index contributed by atoms with van der Waals surface area (Å²) < 4.78 is 23.6. The minimum atomic E-state index is -0.668. The van der Waals surface area contributed by atoms with Crippen molar-refractivity contribution >= 4 is 5.91 Å². The highest BCUT2D eigenvalue weighted by molar-refractivity contribution is 5.79. The molecule has 0 saturated carbocycles. The number of fused-ring (bicyclic) bond motifs is 1. The van der Waals surface area contributed by atoms with E-state index in [1.807, 2.05) is 4.90 Å². The molecule has 2 heterocycles. The Morgan fingerprint density at radius 3 is 2.35 bits per heavy atom. The average molecular weight is 372 g/mol. The number of hydrogen-bond donors (Lipinski definition) is 0. The van der Waals surface area contributed by atoms with E-state index in [9.17, 15) is 4.79 Å². The second kappa shape index (κ2) is 11.2. The Morgan fingerprint density at radius 2 is 1.65 bits per heavy atom. The number of amides is 1. The van der Waals surface area contributed by atoms with E-state index in [1.165, 1.54) is 0 Å². The van der Waals surface area contributed by atoms with Gasteiger partial charge in [-0.25, -0.2) is 0 Å². The van der Waals surface area contributed by atoms with Gasteiger partial charge >= 0.3 is 0 Å². The van der Waals surface area contributed by atoms with Crippen LogP contribution in [0.15, 0.2) is 0 Å². The van der Waals surface area contributed by atoms with Gasteiger partial charge in [-0.3, -0.25) is 4.79 Å². The summed E-state index contributed by atoms with van der Waals surface area (Å²) in [5.41, 5.74) is 0. The summed E-state index contributed by atoms with van der Waals surface area (Å²) in [6.45, 7) is 10.1. The molecule has 152 valence electrons. The van der Waals surface area contributed by atoms with Gasteiger partial charge in [-0.05, 0) is 19.3 Å². The van der Waals surface area contributed by atoms with E-state index in [4.69, 9.17) is 18.9 Å². The van der Waals surface area contributed by atoms with Crippen molar-refractivity contribution in [2.45, 2.75) is 83.6 Å². The van der Waals surface area contributed by atoms with Crippen LogP contribution in [0.4, 0.5) is 0 Å². The van der Waals surface area contributed by atoms with Crippen LogP contribution in [0.1, 0.15) is 65.7 Å². The van der Waals surface area contributed by atoms with Gasteiger partial charge in [0.05, 0.1) is 26.2 Å². The molecule has 3 atom stereocenters. The molecule has 0 aromatic carbocycles. The number of epoxide rings is 1. The van der Waals surface area contributed by atoms with E-state index in [-0.39, 0.29) is 18.1 Å². The van der Waals surface area contributed by atoms with Crippen LogP contribution in [-0.4, -0.2) is 68.3 Å². The first-order chi connectivity index (χ1) is 12.7. The fraction of sp³-hybridized carbons (Fsp3) is 0.950. The Kier molecular flexibility index (Phi) is 9.33. The molecule has 6 nitrogen and oxygen atoms in total. The van der Waals surface area contributed by atoms with Crippen molar-refractivity contribution in [1.29, 1.82) is 0 Å². The van der Waals surface area contributed by atoms with Gasteiger partial charge in [0.15, 0.2) is 0 Å². The number of hydrogen-bond acceptors (Lipinski definition) is 5. The molecule has 0 aromatic rings. The number of carbonyl (C=O) groups excluding carboxylic acids is 1. The predicted octanol–water partition coefficient (Wildman–Crippen LogP) is 3.13. The van der Waals surface area contributed by atoms with E-state index >= 15 is 0 Å². The maximum atomic E-state index is 12.6. The number of unbranched alkanes of at least 4 members (excludes halogenated alkanes) is 3. The topological polar surface area (TPSA) is 60.5 Å². The molecular formula is C20H37NO5. The van der Waals surface area contributed by atoms with Crippen LogP contribution in [-0.2, 0) is 23.7 Å². The van der Waals surface area contributed by atoms with Crippen LogP contribution in [0.5, 0.6) is 0 Å².